The lowest BCUT2D eigenvalue weighted by Gasteiger charge is -2.22. The minimum Gasteiger partial charge on any atom is -0.278 e. The third kappa shape index (κ3) is 6.77. The average Bonchev–Trinajstić information content (AvgIpc) is 3.38. The maximum atomic E-state index is 14.4. The van der Waals surface area contributed by atoms with E-state index >= 15 is 0 Å². The summed E-state index contributed by atoms with van der Waals surface area (Å²) in [6, 6.07) is 12.6. The summed E-state index contributed by atoms with van der Waals surface area (Å²) in [4.78, 5) is 13.8. The fraction of sp³-hybridized carbons (Fsp3) is 0.320. The van der Waals surface area contributed by atoms with E-state index in [2.05, 4.69) is 13.8 Å². The first-order valence-electron chi connectivity index (χ1n) is 10.4. The fourth-order valence-corrected chi connectivity index (χ4v) is 4.81. The Morgan fingerprint density at radius 2 is 1.81 bits per heavy atom. The van der Waals surface area contributed by atoms with E-state index < -0.39 is 6.17 Å². The van der Waals surface area contributed by atoms with Crippen LogP contribution in [0.4, 0.5) is 4.39 Å². The summed E-state index contributed by atoms with van der Waals surface area (Å²) in [5, 5.41) is 1.54. The number of carbonyl (C=O) groups excluding carboxylic acids is 1. The lowest BCUT2D eigenvalue weighted by molar-refractivity contribution is -0.121. The second kappa shape index (κ2) is 11.1. The third-order valence-electron chi connectivity index (χ3n) is 5.05. The SMILES string of the molecule is CC(/C=C/C1C(F)C1c1ccc(Cl)c(Cl)c1)=C\C(=O)N(CC(C)C)Sc1ccc(Cl)cc1. The van der Waals surface area contributed by atoms with Gasteiger partial charge < -0.3 is 0 Å². The molecule has 0 radical (unpaired) electrons. The highest BCUT2D eigenvalue weighted by Gasteiger charge is 2.50. The Kier molecular flexibility index (Phi) is 8.74. The Bertz CT molecular complexity index is 1020. The van der Waals surface area contributed by atoms with Gasteiger partial charge in [-0.05, 0) is 72.3 Å². The Balaban J connectivity index is 1.66. The second-order valence-corrected chi connectivity index (χ2v) is 10.7. The van der Waals surface area contributed by atoms with E-state index in [1.165, 1.54) is 11.9 Å². The van der Waals surface area contributed by atoms with E-state index in [0.717, 1.165) is 16.0 Å². The zero-order valence-electron chi connectivity index (χ0n) is 18.1. The standard InChI is InChI=1S/C25H25Cl3FNOS/c1-15(2)14-30(32-19-8-6-18(26)7-9-19)23(31)12-16(3)4-10-20-24(25(20)29)17-5-11-21(27)22(28)13-17/h4-13,15,20,24-25H,14H2,1-3H3/b10-4+,16-12+. The second-order valence-electron chi connectivity index (χ2n) is 8.31. The summed E-state index contributed by atoms with van der Waals surface area (Å²) in [5.74, 6) is -0.258. The normalized spacial score (nSPS) is 20.8. The number of nitrogens with zero attached hydrogens (tertiary/aromatic N) is 1. The van der Waals surface area contributed by atoms with Crippen LogP contribution in [-0.2, 0) is 4.79 Å². The van der Waals surface area contributed by atoms with Crippen molar-refractivity contribution in [3.05, 3.63) is 86.9 Å². The predicted molar refractivity (Wildman–Crippen MR) is 134 cm³/mol. The molecule has 1 saturated carbocycles. The fourth-order valence-electron chi connectivity index (χ4n) is 3.35. The Morgan fingerprint density at radius 1 is 1.12 bits per heavy atom. The average molecular weight is 513 g/mol. The van der Waals surface area contributed by atoms with Crippen LogP contribution in [0.3, 0.4) is 0 Å². The van der Waals surface area contributed by atoms with Gasteiger partial charge in [0.2, 0.25) is 0 Å². The topological polar surface area (TPSA) is 20.3 Å². The number of hydrogen-bond acceptors (Lipinski definition) is 2. The number of hydrogen-bond donors (Lipinski definition) is 0. The molecule has 7 heteroatoms. The highest BCUT2D eigenvalue weighted by atomic mass is 35.5. The summed E-state index contributed by atoms with van der Waals surface area (Å²) in [5.41, 5.74) is 1.61. The molecule has 0 saturated heterocycles. The van der Waals surface area contributed by atoms with Gasteiger partial charge in [0.15, 0.2) is 0 Å². The van der Waals surface area contributed by atoms with Crippen molar-refractivity contribution in [2.75, 3.05) is 6.54 Å². The molecule has 2 aromatic carbocycles. The largest absolute Gasteiger partial charge is 0.278 e. The van der Waals surface area contributed by atoms with Crippen molar-refractivity contribution in [1.29, 1.82) is 0 Å². The Hall–Kier alpha value is -1.46. The zero-order valence-corrected chi connectivity index (χ0v) is 21.1. The molecule has 1 fully saturated rings. The van der Waals surface area contributed by atoms with Gasteiger partial charge in [0, 0.05) is 34.4 Å². The lowest BCUT2D eigenvalue weighted by Crippen LogP contribution is -2.26. The number of amides is 1. The van der Waals surface area contributed by atoms with Gasteiger partial charge in [-0.1, -0.05) is 66.9 Å². The molecule has 0 aromatic heterocycles. The van der Waals surface area contributed by atoms with Crippen molar-refractivity contribution in [1.82, 2.24) is 4.31 Å². The summed E-state index contributed by atoms with van der Waals surface area (Å²) < 4.78 is 16.1. The van der Waals surface area contributed by atoms with Gasteiger partial charge in [-0.15, -0.1) is 0 Å². The third-order valence-corrected chi connectivity index (χ3v) is 7.08. The van der Waals surface area contributed by atoms with E-state index in [1.807, 2.05) is 37.3 Å². The van der Waals surface area contributed by atoms with E-state index in [1.54, 1.807) is 34.6 Å². The number of benzene rings is 2. The first-order chi connectivity index (χ1) is 15.2. The molecule has 1 aliphatic carbocycles. The van der Waals surface area contributed by atoms with Crippen molar-refractivity contribution in [3.8, 4) is 0 Å². The monoisotopic (exact) mass is 511 g/mol. The van der Waals surface area contributed by atoms with E-state index in [-0.39, 0.29) is 17.7 Å². The number of carbonyl (C=O) groups is 1. The molecule has 32 heavy (non-hydrogen) atoms. The summed E-state index contributed by atoms with van der Waals surface area (Å²) in [7, 11) is 0. The van der Waals surface area contributed by atoms with Crippen molar-refractivity contribution >= 4 is 52.7 Å². The van der Waals surface area contributed by atoms with Crippen LogP contribution in [0.5, 0.6) is 0 Å². The van der Waals surface area contributed by atoms with Gasteiger partial charge in [-0.3, -0.25) is 9.10 Å². The molecule has 3 rings (SSSR count). The first kappa shape index (κ1) is 25.2. The van der Waals surface area contributed by atoms with E-state index in [0.29, 0.717) is 27.5 Å². The minimum absolute atomic E-state index is 0.102. The summed E-state index contributed by atoms with van der Waals surface area (Å²) in [6.07, 6.45) is 4.26. The molecule has 3 atom stereocenters. The van der Waals surface area contributed by atoms with Crippen LogP contribution in [0.1, 0.15) is 32.3 Å². The number of halogens is 4. The molecule has 2 aromatic rings. The molecule has 1 aliphatic rings. The highest BCUT2D eigenvalue weighted by molar-refractivity contribution is 7.97. The minimum atomic E-state index is -0.968. The maximum Gasteiger partial charge on any atom is 0.256 e. The van der Waals surface area contributed by atoms with Gasteiger partial charge in [-0.2, -0.15) is 0 Å². The summed E-state index contributed by atoms with van der Waals surface area (Å²) >= 11 is 19.4. The Morgan fingerprint density at radius 3 is 2.44 bits per heavy atom. The van der Waals surface area contributed by atoms with Gasteiger partial charge >= 0.3 is 0 Å². The van der Waals surface area contributed by atoms with Crippen LogP contribution in [0.2, 0.25) is 15.1 Å². The highest BCUT2D eigenvalue weighted by Crippen LogP contribution is 2.52. The van der Waals surface area contributed by atoms with Crippen LogP contribution in [-0.4, -0.2) is 22.9 Å². The van der Waals surface area contributed by atoms with Crippen molar-refractivity contribution in [3.63, 3.8) is 0 Å². The molecule has 0 heterocycles. The molecule has 0 spiro atoms. The molecular formula is C25H25Cl3FNOS. The maximum absolute atomic E-state index is 14.4. The van der Waals surface area contributed by atoms with E-state index in [9.17, 15) is 9.18 Å². The van der Waals surface area contributed by atoms with E-state index in [4.69, 9.17) is 34.8 Å². The number of alkyl halides is 1. The van der Waals surface area contributed by atoms with Crippen LogP contribution in [0, 0.1) is 11.8 Å². The van der Waals surface area contributed by atoms with Crippen LogP contribution < -0.4 is 0 Å². The molecular weight excluding hydrogens is 488 g/mol. The van der Waals surface area contributed by atoms with Crippen molar-refractivity contribution in [2.45, 2.75) is 37.8 Å². The van der Waals surface area contributed by atoms with Crippen LogP contribution in [0.25, 0.3) is 0 Å². The molecule has 0 N–H and O–H groups in total. The van der Waals surface area contributed by atoms with Gasteiger partial charge in [0.1, 0.15) is 6.17 Å². The Labute approximate surface area is 208 Å². The summed E-state index contributed by atoms with van der Waals surface area (Å²) in [6.45, 7) is 6.58. The smallest absolute Gasteiger partial charge is 0.256 e. The molecule has 2 nitrogen and oxygen atoms in total. The van der Waals surface area contributed by atoms with Crippen LogP contribution >= 0.6 is 46.8 Å². The van der Waals surface area contributed by atoms with Crippen LogP contribution in [0.15, 0.2) is 71.2 Å². The number of allylic oxidation sites excluding steroid dienone is 3. The first-order valence-corrected chi connectivity index (χ1v) is 12.3. The van der Waals surface area contributed by atoms with Gasteiger partial charge in [-0.25, -0.2) is 4.39 Å². The van der Waals surface area contributed by atoms with Crippen molar-refractivity contribution < 1.29 is 9.18 Å². The zero-order chi connectivity index (χ0) is 23.4. The van der Waals surface area contributed by atoms with Crippen molar-refractivity contribution in [2.24, 2.45) is 11.8 Å². The lowest BCUT2D eigenvalue weighted by atomic mass is 10.1. The molecule has 3 unspecified atom stereocenters. The molecule has 0 bridgehead atoms. The molecule has 0 aliphatic heterocycles. The van der Waals surface area contributed by atoms with Gasteiger partial charge in [0.05, 0.1) is 10.0 Å². The quantitative estimate of drug-likeness (QED) is 0.201. The molecule has 1 amide bonds. The van der Waals surface area contributed by atoms with Gasteiger partial charge in [0.25, 0.3) is 5.91 Å². The predicted octanol–water partition coefficient (Wildman–Crippen LogP) is 8.39. The number of rotatable bonds is 8. The molecule has 170 valence electrons.